The first kappa shape index (κ1) is 18.9. The molecule has 21 heavy (non-hydrogen) atoms. The van der Waals surface area contributed by atoms with Crippen LogP contribution in [0.5, 0.6) is 0 Å². The van der Waals surface area contributed by atoms with Gasteiger partial charge in [-0.2, -0.15) is 0 Å². The summed E-state index contributed by atoms with van der Waals surface area (Å²) in [5.41, 5.74) is 0. The van der Waals surface area contributed by atoms with Gasteiger partial charge in [0.05, 0.1) is 0 Å². The highest BCUT2D eigenvalue weighted by atomic mass is 28.4. The van der Waals surface area contributed by atoms with Crippen molar-refractivity contribution in [1.82, 2.24) is 0 Å². The SMILES string of the molecule is C1CC2CCC12.C=CCCC[Si](OCC)(OCC)OCC. The van der Waals surface area contributed by atoms with Crippen molar-refractivity contribution in [3.8, 4) is 0 Å². The quantitative estimate of drug-likeness (QED) is 0.329. The zero-order valence-corrected chi connectivity index (χ0v) is 15.2. The number of rotatable bonds is 10. The number of unbranched alkanes of at least 4 members (excludes halogenated alkanes) is 1. The molecule has 2 aliphatic carbocycles. The van der Waals surface area contributed by atoms with E-state index in [1.54, 1.807) is 25.7 Å². The Balaban J connectivity index is 0.000000294. The summed E-state index contributed by atoms with van der Waals surface area (Å²) in [7, 11) is -2.38. The summed E-state index contributed by atoms with van der Waals surface area (Å²) in [4.78, 5) is 0. The first-order valence-corrected chi connectivity index (χ1v) is 10.7. The molecule has 0 heterocycles. The van der Waals surface area contributed by atoms with Crippen molar-refractivity contribution in [2.45, 2.75) is 65.3 Å². The number of hydrogen-bond donors (Lipinski definition) is 0. The minimum atomic E-state index is -2.38. The molecule has 0 aromatic heterocycles. The van der Waals surface area contributed by atoms with Gasteiger partial charge in [-0.1, -0.05) is 6.08 Å². The van der Waals surface area contributed by atoms with E-state index in [-0.39, 0.29) is 0 Å². The van der Waals surface area contributed by atoms with E-state index >= 15 is 0 Å². The Labute approximate surface area is 132 Å². The van der Waals surface area contributed by atoms with E-state index in [9.17, 15) is 0 Å². The lowest BCUT2D eigenvalue weighted by Crippen LogP contribution is -2.45. The molecule has 0 saturated heterocycles. The topological polar surface area (TPSA) is 27.7 Å². The molecule has 4 heteroatoms. The lowest BCUT2D eigenvalue weighted by Gasteiger charge is -2.46. The van der Waals surface area contributed by atoms with Gasteiger partial charge in [0, 0.05) is 25.9 Å². The summed E-state index contributed by atoms with van der Waals surface area (Å²) in [6.45, 7) is 11.6. The summed E-state index contributed by atoms with van der Waals surface area (Å²) in [6, 6.07) is 0.883. The van der Waals surface area contributed by atoms with E-state index in [0.29, 0.717) is 19.8 Å². The van der Waals surface area contributed by atoms with Crippen molar-refractivity contribution >= 4 is 8.80 Å². The standard InChI is InChI=1S/C11H24O3Si.C6H10/c1-5-9-10-11-15(12-6-2,13-7-3)14-8-4;1-2-6-4-3-5(1)6/h5H,1,6-11H2,2-4H3;5-6H,1-4H2. The van der Waals surface area contributed by atoms with Crippen LogP contribution in [-0.4, -0.2) is 28.6 Å². The molecule has 2 rings (SSSR count). The fraction of sp³-hybridized carbons (Fsp3) is 0.882. The molecule has 2 fully saturated rings. The second-order valence-electron chi connectivity index (χ2n) is 5.84. The number of allylic oxidation sites excluding steroid dienone is 1. The van der Waals surface area contributed by atoms with Crippen LogP contribution in [0.1, 0.15) is 59.3 Å². The summed E-state index contributed by atoms with van der Waals surface area (Å²) in [6.07, 6.45) is 10.2. The van der Waals surface area contributed by atoms with Crippen LogP contribution in [0.2, 0.25) is 6.04 Å². The second-order valence-corrected chi connectivity index (χ2v) is 8.57. The highest BCUT2D eigenvalue weighted by Crippen LogP contribution is 2.49. The minimum absolute atomic E-state index is 0.653. The van der Waals surface area contributed by atoms with Crippen LogP contribution >= 0.6 is 0 Å². The van der Waals surface area contributed by atoms with Gasteiger partial charge in [-0.05, 0) is 71.1 Å². The first-order valence-electron chi connectivity index (χ1n) is 8.74. The van der Waals surface area contributed by atoms with Gasteiger partial charge in [0.2, 0.25) is 0 Å². The predicted molar refractivity (Wildman–Crippen MR) is 90.3 cm³/mol. The molecule has 0 radical (unpaired) electrons. The lowest BCUT2D eigenvalue weighted by molar-refractivity contribution is 0.0548. The lowest BCUT2D eigenvalue weighted by atomic mass is 9.60. The second kappa shape index (κ2) is 10.5. The van der Waals surface area contributed by atoms with Crippen molar-refractivity contribution < 1.29 is 13.3 Å². The Bertz CT molecular complexity index is 248. The Morgan fingerprint density at radius 3 is 1.57 bits per heavy atom. The maximum atomic E-state index is 5.72. The van der Waals surface area contributed by atoms with Gasteiger partial charge in [-0.3, -0.25) is 0 Å². The summed E-state index contributed by atoms with van der Waals surface area (Å²) >= 11 is 0. The third-order valence-corrected chi connectivity index (χ3v) is 7.62. The van der Waals surface area contributed by atoms with E-state index in [1.807, 2.05) is 26.8 Å². The van der Waals surface area contributed by atoms with Crippen LogP contribution < -0.4 is 0 Å². The average Bonchev–Trinajstić information content (AvgIpc) is 2.45. The van der Waals surface area contributed by atoms with E-state index in [4.69, 9.17) is 13.3 Å². The van der Waals surface area contributed by atoms with Crippen LogP contribution in [0.4, 0.5) is 0 Å². The molecule has 0 spiro atoms. The van der Waals surface area contributed by atoms with Gasteiger partial charge in [0.25, 0.3) is 0 Å². The summed E-state index contributed by atoms with van der Waals surface area (Å²) in [5, 5.41) is 0. The molecular weight excluding hydrogens is 280 g/mol. The van der Waals surface area contributed by atoms with Gasteiger partial charge in [-0.15, -0.1) is 6.58 Å². The molecule has 124 valence electrons. The Morgan fingerprint density at radius 2 is 1.33 bits per heavy atom. The first-order chi connectivity index (χ1) is 10.2. The summed E-state index contributed by atoms with van der Waals surface area (Å²) in [5.74, 6) is 2.43. The number of fused-ring (bicyclic) bond motifs is 1. The van der Waals surface area contributed by atoms with Crippen molar-refractivity contribution in [2.24, 2.45) is 11.8 Å². The van der Waals surface area contributed by atoms with Gasteiger partial charge < -0.3 is 13.3 Å². The molecule has 0 atom stereocenters. The van der Waals surface area contributed by atoms with Gasteiger partial charge >= 0.3 is 8.80 Å². The van der Waals surface area contributed by atoms with E-state index in [2.05, 4.69) is 6.58 Å². The molecule has 0 aromatic rings. The Kier molecular flexibility index (Phi) is 9.48. The van der Waals surface area contributed by atoms with Crippen molar-refractivity contribution in [1.29, 1.82) is 0 Å². The monoisotopic (exact) mass is 314 g/mol. The maximum Gasteiger partial charge on any atom is 0.500 e. The minimum Gasteiger partial charge on any atom is -0.374 e. The maximum absolute atomic E-state index is 5.72. The van der Waals surface area contributed by atoms with Crippen LogP contribution in [-0.2, 0) is 13.3 Å². The fourth-order valence-corrected chi connectivity index (χ4v) is 5.67. The molecule has 3 nitrogen and oxygen atoms in total. The molecule has 0 bridgehead atoms. The van der Waals surface area contributed by atoms with Crippen LogP contribution in [0.15, 0.2) is 12.7 Å². The zero-order valence-electron chi connectivity index (χ0n) is 14.2. The predicted octanol–water partition coefficient (Wildman–Crippen LogP) is 4.81. The average molecular weight is 315 g/mol. The zero-order chi connectivity index (χ0) is 15.6. The molecule has 0 unspecified atom stereocenters. The summed E-state index contributed by atoms with van der Waals surface area (Å²) < 4.78 is 17.2. The van der Waals surface area contributed by atoms with Crippen LogP contribution in [0.25, 0.3) is 0 Å². The third kappa shape index (κ3) is 6.23. The van der Waals surface area contributed by atoms with Gasteiger partial charge in [0.1, 0.15) is 0 Å². The van der Waals surface area contributed by atoms with Crippen molar-refractivity contribution in [3.05, 3.63) is 12.7 Å². The fourth-order valence-electron chi connectivity index (χ4n) is 3.03. The van der Waals surface area contributed by atoms with E-state index in [1.165, 1.54) is 11.8 Å². The Morgan fingerprint density at radius 1 is 0.905 bits per heavy atom. The molecule has 0 N–H and O–H groups in total. The number of hydrogen-bond acceptors (Lipinski definition) is 3. The van der Waals surface area contributed by atoms with Crippen LogP contribution in [0.3, 0.4) is 0 Å². The van der Waals surface area contributed by atoms with Crippen molar-refractivity contribution in [2.75, 3.05) is 19.8 Å². The molecule has 2 saturated carbocycles. The van der Waals surface area contributed by atoms with Gasteiger partial charge in [-0.25, -0.2) is 0 Å². The third-order valence-electron chi connectivity index (χ3n) is 4.47. The smallest absolute Gasteiger partial charge is 0.374 e. The highest BCUT2D eigenvalue weighted by molar-refractivity contribution is 6.60. The normalized spacial score (nSPS) is 23.2. The van der Waals surface area contributed by atoms with Crippen molar-refractivity contribution in [3.63, 3.8) is 0 Å². The molecule has 0 aromatic carbocycles. The van der Waals surface area contributed by atoms with E-state index < -0.39 is 8.80 Å². The molecule has 0 aliphatic heterocycles. The Hall–Kier alpha value is -0.163. The molecule has 0 amide bonds. The van der Waals surface area contributed by atoms with Gasteiger partial charge in [0.15, 0.2) is 0 Å². The van der Waals surface area contributed by atoms with E-state index in [0.717, 1.165) is 18.9 Å². The molecular formula is C17H34O3Si. The largest absolute Gasteiger partial charge is 0.500 e. The molecule has 2 aliphatic rings. The van der Waals surface area contributed by atoms with Crippen LogP contribution in [0, 0.1) is 11.8 Å². The highest BCUT2D eigenvalue weighted by Gasteiger charge is 2.39.